The minimum Gasteiger partial charge on any atom is -0.484 e. The summed E-state index contributed by atoms with van der Waals surface area (Å²) in [6.45, 7) is 4.21. The van der Waals surface area contributed by atoms with Crippen LogP contribution < -0.4 is 10.1 Å². The smallest absolute Gasteiger partial charge is 0.262 e. The van der Waals surface area contributed by atoms with E-state index in [-0.39, 0.29) is 24.0 Å². The van der Waals surface area contributed by atoms with Crippen molar-refractivity contribution in [1.82, 2.24) is 4.31 Å². The summed E-state index contributed by atoms with van der Waals surface area (Å²) in [5, 5.41) is 2.96. The highest BCUT2D eigenvalue weighted by atomic mass is 32.2. The highest BCUT2D eigenvalue weighted by Crippen LogP contribution is 2.23. The van der Waals surface area contributed by atoms with Crippen molar-refractivity contribution in [3.63, 3.8) is 0 Å². The molecule has 174 valence electrons. The first-order valence-corrected chi connectivity index (χ1v) is 12.4. The zero-order chi connectivity index (χ0) is 23.8. The van der Waals surface area contributed by atoms with Crippen LogP contribution >= 0.6 is 0 Å². The van der Waals surface area contributed by atoms with Gasteiger partial charge in [-0.05, 0) is 53.8 Å². The van der Waals surface area contributed by atoms with Crippen LogP contribution in [0.2, 0.25) is 0 Å². The van der Waals surface area contributed by atoms with Gasteiger partial charge in [-0.25, -0.2) is 8.42 Å². The lowest BCUT2D eigenvalue weighted by Gasteiger charge is -2.17. The van der Waals surface area contributed by atoms with Crippen molar-refractivity contribution in [2.24, 2.45) is 0 Å². The molecule has 7 heteroatoms. The summed E-state index contributed by atoms with van der Waals surface area (Å²) in [6, 6.07) is 21.5. The summed E-state index contributed by atoms with van der Waals surface area (Å²) in [4.78, 5) is 12.6. The third kappa shape index (κ3) is 6.21. The Morgan fingerprint density at radius 1 is 0.879 bits per heavy atom. The predicted octanol–water partition coefficient (Wildman–Crippen LogP) is 4.65. The first kappa shape index (κ1) is 24.5. The minimum atomic E-state index is -3.64. The molecule has 1 amide bonds. The maximum Gasteiger partial charge on any atom is 0.262 e. The Balaban J connectivity index is 1.61. The van der Waals surface area contributed by atoms with Gasteiger partial charge in [-0.3, -0.25) is 4.79 Å². The Labute approximate surface area is 196 Å². The third-order valence-corrected chi connectivity index (χ3v) is 7.23. The fourth-order valence-corrected chi connectivity index (χ4v) is 4.70. The summed E-state index contributed by atoms with van der Waals surface area (Å²) >= 11 is 0. The van der Waals surface area contributed by atoms with E-state index in [1.54, 1.807) is 19.2 Å². The van der Waals surface area contributed by atoms with Gasteiger partial charge in [0.1, 0.15) is 5.75 Å². The molecule has 0 saturated heterocycles. The van der Waals surface area contributed by atoms with Crippen molar-refractivity contribution in [3.05, 3.63) is 89.5 Å². The number of aryl methyl sites for hydroxylation is 2. The molecule has 0 aliphatic carbocycles. The third-order valence-electron chi connectivity index (χ3n) is 5.41. The first-order chi connectivity index (χ1) is 15.8. The van der Waals surface area contributed by atoms with Gasteiger partial charge in [-0.1, -0.05) is 62.4 Å². The van der Waals surface area contributed by atoms with Crippen LogP contribution in [0.15, 0.2) is 77.7 Å². The van der Waals surface area contributed by atoms with E-state index in [0.717, 1.165) is 35.2 Å². The lowest BCUT2D eigenvalue weighted by Crippen LogP contribution is -2.26. The van der Waals surface area contributed by atoms with Gasteiger partial charge in [0.05, 0.1) is 4.90 Å². The number of rotatable bonds is 10. The summed E-state index contributed by atoms with van der Waals surface area (Å²) < 4.78 is 32.6. The second-order valence-corrected chi connectivity index (χ2v) is 9.76. The maximum atomic E-state index is 12.9. The maximum absolute atomic E-state index is 12.9. The molecule has 6 nitrogen and oxygen atoms in total. The van der Waals surface area contributed by atoms with Crippen LogP contribution in [0.1, 0.15) is 30.5 Å². The number of para-hydroxylation sites is 1. The van der Waals surface area contributed by atoms with Crippen molar-refractivity contribution in [1.29, 1.82) is 0 Å². The molecule has 33 heavy (non-hydrogen) atoms. The van der Waals surface area contributed by atoms with Gasteiger partial charge in [-0.15, -0.1) is 0 Å². The topological polar surface area (TPSA) is 75.7 Å². The van der Waals surface area contributed by atoms with Crippen molar-refractivity contribution in [3.8, 4) is 5.75 Å². The van der Waals surface area contributed by atoms with Crippen LogP contribution in [-0.4, -0.2) is 32.3 Å². The molecule has 0 unspecified atom stereocenters. The zero-order valence-electron chi connectivity index (χ0n) is 19.2. The summed E-state index contributed by atoms with van der Waals surface area (Å²) in [5.41, 5.74) is 3.91. The number of anilines is 1. The molecule has 0 aromatic heterocycles. The number of nitrogens with one attached hydrogen (secondary N) is 1. The zero-order valence-corrected chi connectivity index (χ0v) is 20.1. The molecule has 3 aromatic rings. The Morgan fingerprint density at radius 2 is 1.48 bits per heavy atom. The highest BCUT2D eigenvalue weighted by Gasteiger charge is 2.21. The number of hydrogen-bond acceptors (Lipinski definition) is 4. The lowest BCUT2D eigenvalue weighted by atomic mass is 10.0. The molecule has 0 saturated carbocycles. The molecule has 0 aliphatic rings. The predicted molar refractivity (Wildman–Crippen MR) is 131 cm³/mol. The highest BCUT2D eigenvalue weighted by molar-refractivity contribution is 7.89. The minimum absolute atomic E-state index is 0.165. The van der Waals surface area contributed by atoms with Gasteiger partial charge in [-0.2, -0.15) is 4.31 Å². The van der Waals surface area contributed by atoms with Crippen LogP contribution in [0.5, 0.6) is 5.75 Å². The summed E-state index contributed by atoms with van der Waals surface area (Å²) in [6.07, 6.45) is 1.64. The molecule has 0 bridgehead atoms. The standard InChI is InChI=1S/C26H30N2O4S/c1-4-21-12-9-13-22(5-2)26(21)27-25(29)19-32-23-14-16-24(17-15-23)33(30,31)28(3)18-20-10-7-6-8-11-20/h6-17H,4-5,18-19H2,1-3H3,(H,27,29). The van der Waals surface area contributed by atoms with E-state index in [4.69, 9.17) is 4.74 Å². The molecule has 1 N–H and O–H groups in total. The average molecular weight is 467 g/mol. The van der Waals surface area contributed by atoms with Gasteiger partial charge >= 0.3 is 0 Å². The molecule has 0 atom stereocenters. The summed E-state index contributed by atoms with van der Waals surface area (Å²) in [5.74, 6) is 0.166. The fraction of sp³-hybridized carbons (Fsp3) is 0.269. The Hall–Kier alpha value is -3.16. The lowest BCUT2D eigenvalue weighted by molar-refractivity contribution is -0.118. The van der Waals surface area contributed by atoms with E-state index in [1.165, 1.54) is 16.4 Å². The number of carbonyl (C=O) groups excluding carboxylic acids is 1. The fourth-order valence-electron chi connectivity index (χ4n) is 3.54. The largest absolute Gasteiger partial charge is 0.484 e. The molecule has 0 radical (unpaired) electrons. The van der Waals surface area contributed by atoms with Crippen molar-refractivity contribution < 1.29 is 17.9 Å². The van der Waals surface area contributed by atoms with Gasteiger partial charge < -0.3 is 10.1 Å². The van der Waals surface area contributed by atoms with E-state index in [1.807, 2.05) is 62.4 Å². The van der Waals surface area contributed by atoms with E-state index >= 15 is 0 Å². The molecule has 3 aromatic carbocycles. The molecular weight excluding hydrogens is 436 g/mol. The van der Waals surface area contributed by atoms with Crippen molar-refractivity contribution in [2.45, 2.75) is 38.1 Å². The number of benzene rings is 3. The number of hydrogen-bond donors (Lipinski definition) is 1. The number of carbonyl (C=O) groups is 1. The number of ether oxygens (including phenoxy) is 1. The van der Waals surface area contributed by atoms with E-state index in [0.29, 0.717) is 5.75 Å². The van der Waals surface area contributed by atoms with Crippen LogP contribution in [0.4, 0.5) is 5.69 Å². The van der Waals surface area contributed by atoms with E-state index < -0.39 is 10.0 Å². The molecule has 0 fully saturated rings. The molecular formula is C26H30N2O4S. The number of nitrogens with zero attached hydrogens (tertiary/aromatic N) is 1. The Morgan fingerprint density at radius 3 is 2.06 bits per heavy atom. The number of amides is 1. The monoisotopic (exact) mass is 466 g/mol. The number of sulfonamides is 1. The van der Waals surface area contributed by atoms with E-state index in [2.05, 4.69) is 5.32 Å². The van der Waals surface area contributed by atoms with E-state index in [9.17, 15) is 13.2 Å². The van der Waals surface area contributed by atoms with Crippen molar-refractivity contribution in [2.75, 3.05) is 19.0 Å². The van der Waals surface area contributed by atoms with Crippen LogP contribution in [0.3, 0.4) is 0 Å². The van der Waals surface area contributed by atoms with Gasteiger partial charge in [0.2, 0.25) is 10.0 Å². The van der Waals surface area contributed by atoms with Gasteiger partial charge in [0, 0.05) is 19.3 Å². The van der Waals surface area contributed by atoms with Crippen LogP contribution in [-0.2, 0) is 34.2 Å². The first-order valence-electron chi connectivity index (χ1n) is 11.0. The normalized spacial score (nSPS) is 11.4. The Bertz CT molecular complexity index is 1150. The Kier molecular flexibility index (Phi) is 8.25. The average Bonchev–Trinajstić information content (AvgIpc) is 2.83. The second-order valence-electron chi connectivity index (χ2n) is 7.71. The quantitative estimate of drug-likeness (QED) is 0.472. The van der Waals surface area contributed by atoms with Crippen molar-refractivity contribution >= 4 is 21.6 Å². The molecule has 0 aliphatic heterocycles. The SMILES string of the molecule is CCc1cccc(CC)c1NC(=O)COc1ccc(S(=O)(=O)N(C)Cc2ccccc2)cc1. The van der Waals surface area contributed by atoms with Gasteiger partial charge in [0.25, 0.3) is 5.91 Å². The van der Waals surface area contributed by atoms with Crippen LogP contribution in [0, 0.1) is 0 Å². The summed E-state index contributed by atoms with van der Waals surface area (Å²) in [7, 11) is -2.09. The second kappa shape index (κ2) is 11.1. The van der Waals surface area contributed by atoms with Crippen LogP contribution in [0.25, 0.3) is 0 Å². The van der Waals surface area contributed by atoms with Gasteiger partial charge in [0.15, 0.2) is 6.61 Å². The molecule has 0 heterocycles. The molecule has 3 rings (SSSR count). The molecule has 0 spiro atoms.